The Balaban J connectivity index is 2.32. The molecular weight excluding hydrogens is 270 g/mol. The van der Waals surface area contributed by atoms with Crippen LogP contribution in [0, 0.1) is 5.92 Å². The molecule has 21 heavy (non-hydrogen) atoms. The van der Waals surface area contributed by atoms with Gasteiger partial charge in [0.1, 0.15) is 6.61 Å². The minimum atomic E-state index is -0.00502. The van der Waals surface area contributed by atoms with Gasteiger partial charge in [0, 0.05) is 45.2 Å². The SMILES string of the molecule is COCC(=O)N1CCN(C(=O)C(C)CCCC(C)N)CC1. The monoisotopic (exact) mass is 299 g/mol. The lowest BCUT2D eigenvalue weighted by Gasteiger charge is -2.36. The van der Waals surface area contributed by atoms with Crippen molar-refractivity contribution in [3.63, 3.8) is 0 Å². The normalized spacial score (nSPS) is 18.5. The van der Waals surface area contributed by atoms with Crippen LogP contribution in [0.15, 0.2) is 0 Å². The molecule has 0 spiro atoms. The van der Waals surface area contributed by atoms with E-state index in [-0.39, 0.29) is 30.4 Å². The largest absolute Gasteiger partial charge is 0.375 e. The third-order valence-corrected chi connectivity index (χ3v) is 3.93. The van der Waals surface area contributed by atoms with Gasteiger partial charge >= 0.3 is 0 Å². The van der Waals surface area contributed by atoms with Crippen LogP contribution in [0.3, 0.4) is 0 Å². The highest BCUT2D eigenvalue weighted by Crippen LogP contribution is 2.14. The molecular formula is C15H29N3O3. The van der Waals surface area contributed by atoms with Gasteiger partial charge in [-0.25, -0.2) is 0 Å². The van der Waals surface area contributed by atoms with E-state index in [1.165, 1.54) is 7.11 Å². The predicted octanol–water partition coefficient (Wildman–Crippen LogP) is 0.457. The first kappa shape index (κ1) is 17.9. The number of methoxy groups -OCH3 is 1. The number of carbonyl (C=O) groups excluding carboxylic acids is 2. The van der Waals surface area contributed by atoms with Crippen LogP contribution in [-0.2, 0) is 14.3 Å². The summed E-state index contributed by atoms with van der Waals surface area (Å²) in [4.78, 5) is 27.7. The lowest BCUT2D eigenvalue weighted by Crippen LogP contribution is -2.52. The molecule has 0 bridgehead atoms. The molecule has 0 aromatic rings. The fourth-order valence-electron chi connectivity index (χ4n) is 2.57. The zero-order valence-electron chi connectivity index (χ0n) is 13.5. The van der Waals surface area contributed by atoms with Crippen molar-refractivity contribution in [3.8, 4) is 0 Å². The number of carbonyl (C=O) groups is 2. The van der Waals surface area contributed by atoms with Gasteiger partial charge in [-0.3, -0.25) is 9.59 Å². The second-order valence-corrected chi connectivity index (χ2v) is 5.95. The molecule has 1 fully saturated rings. The van der Waals surface area contributed by atoms with Crippen molar-refractivity contribution in [2.45, 2.75) is 39.2 Å². The van der Waals surface area contributed by atoms with Crippen LogP contribution in [0.4, 0.5) is 0 Å². The van der Waals surface area contributed by atoms with Gasteiger partial charge in [0.15, 0.2) is 0 Å². The molecule has 0 aromatic heterocycles. The maximum atomic E-state index is 12.3. The van der Waals surface area contributed by atoms with Gasteiger partial charge in [-0.1, -0.05) is 13.3 Å². The van der Waals surface area contributed by atoms with Crippen molar-refractivity contribution in [1.82, 2.24) is 9.80 Å². The van der Waals surface area contributed by atoms with Gasteiger partial charge in [-0.15, -0.1) is 0 Å². The van der Waals surface area contributed by atoms with Gasteiger partial charge in [0.25, 0.3) is 0 Å². The lowest BCUT2D eigenvalue weighted by atomic mass is 10.0. The zero-order valence-corrected chi connectivity index (χ0v) is 13.5. The molecule has 2 N–H and O–H groups in total. The van der Waals surface area contributed by atoms with E-state index in [4.69, 9.17) is 10.5 Å². The molecule has 1 rings (SSSR count). The standard InChI is InChI=1S/C15H29N3O3/c1-12(5-4-6-13(2)16)15(20)18-9-7-17(8-10-18)14(19)11-21-3/h12-13H,4-11,16H2,1-3H3. The number of hydrogen-bond donors (Lipinski definition) is 1. The third kappa shape index (κ3) is 6.01. The first-order chi connectivity index (χ1) is 9.95. The highest BCUT2D eigenvalue weighted by atomic mass is 16.5. The summed E-state index contributed by atoms with van der Waals surface area (Å²) in [5.41, 5.74) is 5.72. The summed E-state index contributed by atoms with van der Waals surface area (Å²) >= 11 is 0. The molecule has 1 heterocycles. The molecule has 0 saturated carbocycles. The number of rotatable bonds is 7. The van der Waals surface area contributed by atoms with Crippen LogP contribution < -0.4 is 5.73 Å². The average molecular weight is 299 g/mol. The van der Waals surface area contributed by atoms with Crippen molar-refractivity contribution in [2.24, 2.45) is 11.7 Å². The Labute approximate surface area is 127 Å². The maximum Gasteiger partial charge on any atom is 0.248 e. The van der Waals surface area contributed by atoms with Gasteiger partial charge in [0.2, 0.25) is 11.8 Å². The van der Waals surface area contributed by atoms with E-state index in [0.717, 1.165) is 19.3 Å². The van der Waals surface area contributed by atoms with Crippen LogP contribution in [0.5, 0.6) is 0 Å². The van der Waals surface area contributed by atoms with Crippen molar-refractivity contribution < 1.29 is 14.3 Å². The van der Waals surface area contributed by atoms with Crippen LogP contribution in [0.2, 0.25) is 0 Å². The number of nitrogens with two attached hydrogens (primary N) is 1. The molecule has 0 radical (unpaired) electrons. The topological polar surface area (TPSA) is 75.9 Å². The minimum Gasteiger partial charge on any atom is -0.375 e. The van der Waals surface area contributed by atoms with E-state index in [0.29, 0.717) is 26.2 Å². The zero-order chi connectivity index (χ0) is 15.8. The van der Waals surface area contributed by atoms with E-state index in [1.54, 1.807) is 4.90 Å². The van der Waals surface area contributed by atoms with Crippen molar-refractivity contribution in [3.05, 3.63) is 0 Å². The Kier molecular flexibility index (Phi) is 7.67. The quantitative estimate of drug-likeness (QED) is 0.741. The van der Waals surface area contributed by atoms with Crippen LogP contribution >= 0.6 is 0 Å². The van der Waals surface area contributed by atoms with Crippen molar-refractivity contribution in [2.75, 3.05) is 39.9 Å². The first-order valence-electron chi connectivity index (χ1n) is 7.76. The number of amides is 2. The molecule has 2 amide bonds. The number of piperazine rings is 1. The minimum absolute atomic E-state index is 0.00502. The lowest BCUT2D eigenvalue weighted by molar-refractivity contribution is -0.143. The molecule has 0 aliphatic carbocycles. The molecule has 6 heteroatoms. The second kappa shape index (κ2) is 9.00. The Bertz CT molecular complexity index is 339. The molecule has 0 aromatic carbocycles. The van der Waals surface area contributed by atoms with Gasteiger partial charge in [-0.05, 0) is 19.8 Å². The van der Waals surface area contributed by atoms with E-state index in [1.807, 2.05) is 18.7 Å². The highest BCUT2D eigenvalue weighted by molar-refractivity contribution is 5.80. The fraction of sp³-hybridized carbons (Fsp3) is 0.867. The Morgan fingerprint density at radius 2 is 1.67 bits per heavy atom. The molecule has 1 saturated heterocycles. The summed E-state index contributed by atoms with van der Waals surface area (Å²) in [6, 6.07) is 0.197. The van der Waals surface area contributed by atoms with Crippen molar-refractivity contribution >= 4 is 11.8 Å². The first-order valence-corrected chi connectivity index (χ1v) is 7.76. The number of hydrogen-bond acceptors (Lipinski definition) is 4. The number of nitrogens with zero attached hydrogens (tertiary/aromatic N) is 2. The van der Waals surface area contributed by atoms with Gasteiger partial charge in [-0.2, -0.15) is 0 Å². The summed E-state index contributed by atoms with van der Waals surface area (Å²) in [6.07, 6.45) is 2.82. The van der Waals surface area contributed by atoms with Crippen LogP contribution in [0.25, 0.3) is 0 Å². The third-order valence-electron chi connectivity index (χ3n) is 3.93. The van der Waals surface area contributed by atoms with Crippen LogP contribution in [-0.4, -0.2) is 67.6 Å². The summed E-state index contributed by atoms with van der Waals surface area (Å²) in [5, 5.41) is 0. The van der Waals surface area contributed by atoms with Crippen molar-refractivity contribution in [1.29, 1.82) is 0 Å². The molecule has 2 unspecified atom stereocenters. The highest BCUT2D eigenvalue weighted by Gasteiger charge is 2.26. The molecule has 6 nitrogen and oxygen atoms in total. The second-order valence-electron chi connectivity index (χ2n) is 5.95. The Morgan fingerprint density at radius 3 is 2.19 bits per heavy atom. The van der Waals surface area contributed by atoms with E-state index in [9.17, 15) is 9.59 Å². The van der Waals surface area contributed by atoms with Gasteiger partial charge in [0.05, 0.1) is 0 Å². The smallest absolute Gasteiger partial charge is 0.248 e. The Morgan fingerprint density at radius 1 is 1.10 bits per heavy atom. The summed E-state index contributed by atoms with van der Waals surface area (Å²) in [5.74, 6) is 0.220. The van der Waals surface area contributed by atoms with E-state index >= 15 is 0 Å². The van der Waals surface area contributed by atoms with E-state index in [2.05, 4.69) is 0 Å². The van der Waals surface area contributed by atoms with Crippen LogP contribution in [0.1, 0.15) is 33.1 Å². The summed E-state index contributed by atoms with van der Waals surface area (Å²) in [6.45, 7) is 6.51. The van der Waals surface area contributed by atoms with Gasteiger partial charge < -0.3 is 20.3 Å². The molecule has 122 valence electrons. The fourth-order valence-corrected chi connectivity index (χ4v) is 2.57. The predicted molar refractivity (Wildman–Crippen MR) is 81.7 cm³/mol. The average Bonchev–Trinajstić information content (AvgIpc) is 2.46. The molecule has 2 atom stereocenters. The van der Waals surface area contributed by atoms with E-state index < -0.39 is 0 Å². The Hall–Kier alpha value is -1.14. The molecule has 1 aliphatic heterocycles. The summed E-state index contributed by atoms with van der Waals surface area (Å²) < 4.78 is 4.85. The summed E-state index contributed by atoms with van der Waals surface area (Å²) in [7, 11) is 1.52. The molecule has 1 aliphatic rings. The maximum absolute atomic E-state index is 12.3. The number of ether oxygens (including phenoxy) is 1.